The van der Waals surface area contributed by atoms with Crippen molar-refractivity contribution in [2.24, 2.45) is 28.1 Å². The fraction of sp³-hybridized carbons (Fsp3) is 0.867. The summed E-state index contributed by atoms with van der Waals surface area (Å²) in [5.41, 5.74) is 5.06. The lowest BCUT2D eigenvalue weighted by molar-refractivity contribution is -0.146. The van der Waals surface area contributed by atoms with E-state index in [9.17, 15) is 4.79 Å². The number of nitrogens with zero attached hydrogens (tertiary/aromatic N) is 3. The van der Waals surface area contributed by atoms with Crippen molar-refractivity contribution in [1.29, 1.82) is 0 Å². The standard InChI is InChI=1S/C15H28N4O2/c1-11(2)10-18-4-6-19(7-5-18)14(20)15(13(16)17-21)8-12(3)9-15/h11-12,21H,4-10H2,1-3H3,(H2,16,17). The van der Waals surface area contributed by atoms with E-state index in [-0.39, 0.29) is 11.7 Å². The topological polar surface area (TPSA) is 82.2 Å². The molecule has 1 aliphatic heterocycles. The molecule has 6 nitrogen and oxygen atoms in total. The second kappa shape index (κ2) is 6.22. The largest absolute Gasteiger partial charge is 0.409 e. The molecule has 2 aliphatic rings. The minimum absolute atomic E-state index is 0.0418. The van der Waals surface area contributed by atoms with Gasteiger partial charge in [-0.2, -0.15) is 0 Å². The molecule has 1 heterocycles. The number of rotatable bonds is 4. The molecule has 0 atom stereocenters. The summed E-state index contributed by atoms with van der Waals surface area (Å²) < 4.78 is 0. The maximum absolute atomic E-state index is 12.8. The first-order chi connectivity index (χ1) is 9.89. The van der Waals surface area contributed by atoms with Gasteiger partial charge in [0.2, 0.25) is 5.91 Å². The van der Waals surface area contributed by atoms with Crippen molar-refractivity contribution in [3.63, 3.8) is 0 Å². The Morgan fingerprint density at radius 1 is 1.33 bits per heavy atom. The van der Waals surface area contributed by atoms with Crippen LogP contribution < -0.4 is 5.73 Å². The van der Waals surface area contributed by atoms with Crippen molar-refractivity contribution in [3.8, 4) is 0 Å². The molecule has 2 fully saturated rings. The molecule has 1 amide bonds. The Balaban J connectivity index is 1.98. The number of hydrogen-bond acceptors (Lipinski definition) is 4. The molecular weight excluding hydrogens is 268 g/mol. The Hall–Kier alpha value is -1.30. The lowest BCUT2D eigenvalue weighted by Crippen LogP contribution is -2.60. The molecule has 3 N–H and O–H groups in total. The maximum Gasteiger partial charge on any atom is 0.236 e. The lowest BCUT2D eigenvalue weighted by Gasteiger charge is -2.47. The van der Waals surface area contributed by atoms with Crippen LogP contribution in [0.2, 0.25) is 0 Å². The highest BCUT2D eigenvalue weighted by Crippen LogP contribution is 2.47. The molecule has 0 aromatic rings. The molecular formula is C15H28N4O2. The number of oxime groups is 1. The van der Waals surface area contributed by atoms with Gasteiger partial charge in [0.1, 0.15) is 5.41 Å². The van der Waals surface area contributed by atoms with E-state index in [1.165, 1.54) is 0 Å². The molecule has 0 aromatic heterocycles. The molecule has 120 valence electrons. The Morgan fingerprint density at radius 2 is 1.90 bits per heavy atom. The molecule has 21 heavy (non-hydrogen) atoms. The molecule has 6 heteroatoms. The minimum atomic E-state index is -0.756. The fourth-order valence-electron chi connectivity index (χ4n) is 3.67. The fourth-order valence-corrected chi connectivity index (χ4v) is 3.67. The van der Waals surface area contributed by atoms with E-state index in [1.807, 2.05) is 4.90 Å². The third-order valence-electron chi connectivity index (χ3n) is 4.68. The lowest BCUT2D eigenvalue weighted by atomic mass is 9.61. The van der Waals surface area contributed by atoms with Crippen LogP contribution in [0.4, 0.5) is 0 Å². The number of piperazine rings is 1. The van der Waals surface area contributed by atoms with Crippen molar-refractivity contribution in [3.05, 3.63) is 0 Å². The Morgan fingerprint density at radius 3 is 2.33 bits per heavy atom. The summed E-state index contributed by atoms with van der Waals surface area (Å²) in [6.07, 6.45) is 1.38. The normalized spacial score (nSPS) is 31.3. The molecule has 2 rings (SSSR count). The van der Waals surface area contributed by atoms with Gasteiger partial charge in [-0.15, -0.1) is 0 Å². The number of amides is 1. The first kappa shape index (κ1) is 16.1. The number of carbonyl (C=O) groups is 1. The molecule has 0 aromatic carbocycles. The summed E-state index contributed by atoms with van der Waals surface area (Å²) in [5.74, 6) is 1.22. The van der Waals surface area contributed by atoms with E-state index in [0.717, 1.165) is 32.7 Å². The van der Waals surface area contributed by atoms with Gasteiger partial charge in [-0.3, -0.25) is 9.69 Å². The highest BCUT2D eigenvalue weighted by atomic mass is 16.4. The van der Waals surface area contributed by atoms with Gasteiger partial charge in [-0.1, -0.05) is 25.9 Å². The number of amidine groups is 1. The van der Waals surface area contributed by atoms with Gasteiger partial charge in [0, 0.05) is 32.7 Å². The van der Waals surface area contributed by atoms with E-state index < -0.39 is 5.41 Å². The zero-order valence-corrected chi connectivity index (χ0v) is 13.4. The second-order valence-corrected chi connectivity index (χ2v) is 7.07. The van der Waals surface area contributed by atoms with Gasteiger partial charge in [0.15, 0.2) is 5.84 Å². The van der Waals surface area contributed by atoms with Crippen LogP contribution in [0.3, 0.4) is 0 Å². The van der Waals surface area contributed by atoms with Crippen LogP contribution in [0.25, 0.3) is 0 Å². The van der Waals surface area contributed by atoms with Gasteiger partial charge in [-0.05, 0) is 24.7 Å². The van der Waals surface area contributed by atoms with Gasteiger partial charge in [0.05, 0.1) is 0 Å². The van der Waals surface area contributed by atoms with Crippen LogP contribution in [0, 0.1) is 17.3 Å². The van der Waals surface area contributed by atoms with Crippen LogP contribution in [-0.4, -0.2) is 59.5 Å². The predicted molar refractivity (Wildman–Crippen MR) is 82.1 cm³/mol. The average Bonchev–Trinajstić information content (AvgIpc) is 2.42. The third-order valence-corrected chi connectivity index (χ3v) is 4.68. The smallest absolute Gasteiger partial charge is 0.236 e. The summed E-state index contributed by atoms with van der Waals surface area (Å²) in [7, 11) is 0. The van der Waals surface area contributed by atoms with E-state index in [2.05, 4.69) is 30.8 Å². The van der Waals surface area contributed by atoms with Crippen molar-refractivity contribution >= 4 is 11.7 Å². The van der Waals surface area contributed by atoms with Crippen LogP contribution >= 0.6 is 0 Å². The summed E-state index contributed by atoms with van der Waals surface area (Å²) in [6.45, 7) is 10.9. The molecule has 1 saturated heterocycles. The summed E-state index contributed by atoms with van der Waals surface area (Å²) in [4.78, 5) is 17.1. The number of carbonyl (C=O) groups excluding carboxylic acids is 1. The van der Waals surface area contributed by atoms with Crippen LogP contribution in [-0.2, 0) is 4.79 Å². The first-order valence-electron chi connectivity index (χ1n) is 7.89. The van der Waals surface area contributed by atoms with Crippen molar-refractivity contribution in [1.82, 2.24) is 9.80 Å². The van der Waals surface area contributed by atoms with Gasteiger partial charge >= 0.3 is 0 Å². The van der Waals surface area contributed by atoms with Crippen LogP contribution in [0.5, 0.6) is 0 Å². The van der Waals surface area contributed by atoms with Gasteiger partial charge in [0.25, 0.3) is 0 Å². The van der Waals surface area contributed by atoms with Crippen LogP contribution in [0.1, 0.15) is 33.6 Å². The highest BCUT2D eigenvalue weighted by Gasteiger charge is 2.53. The number of nitrogens with two attached hydrogens (primary N) is 1. The Bertz CT molecular complexity index is 408. The zero-order chi connectivity index (χ0) is 15.6. The second-order valence-electron chi connectivity index (χ2n) is 7.07. The maximum atomic E-state index is 12.8. The minimum Gasteiger partial charge on any atom is -0.409 e. The van der Waals surface area contributed by atoms with E-state index in [1.54, 1.807) is 0 Å². The molecule has 1 saturated carbocycles. The molecule has 1 aliphatic carbocycles. The number of hydrogen-bond donors (Lipinski definition) is 2. The van der Waals surface area contributed by atoms with Crippen molar-refractivity contribution in [2.75, 3.05) is 32.7 Å². The van der Waals surface area contributed by atoms with Crippen molar-refractivity contribution < 1.29 is 10.0 Å². The predicted octanol–water partition coefficient (Wildman–Crippen LogP) is 0.949. The summed E-state index contributed by atoms with van der Waals surface area (Å²) >= 11 is 0. The monoisotopic (exact) mass is 296 g/mol. The van der Waals surface area contributed by atoms with Gasteiger partial charge < -0.3 is 15.8 Å². The third kappa shape index (κ3) is 3.15. The summed E-state index contributed by atoms with van der Waals surface area (Å²) in [6, 6.07) is 0. The van der Waals surface area contributed by atoms with Gasteiger partial charge in [-0.25, -0.2) is 0 Å². The Labute approximate surface area is 127 Å². The van der Waals surface area contributed by atoms with Crippen molar-refractivity contribution in [2.45, 2.75) is 33.6 Å². The molecule has 0 unspecified atom stereocenters. The quantitative estimate of drug-likeness (QED) is 0.350. The van der Waals surface area contributed by atoms with E-state index in [4.69, 9.17) is 10.9 Å². The molecule has 0 radical (unpaired) electrons. The van der Waals surface area contributed by atoms with E-state index in [0.29, 0.717) is 24.7 Å². The summed E-state index contributed by atoms with van der Waals surface area (Å²) in [5, 5.41) is 12.1. The zero-order valence-electron chi connectivity index (χ0n) is 13.4. The molecule has 0 bridgehead atoms. The SMILES string of the molecule is CC(C)CN1CCN(C(=O)C2(C(N)=NO)CC(C)C2)CC1. The Kier molecular flexibility index (Phi) is 4.76. The molecule has 0 spiro atoms. The van der Waals surface area contributed by atoms with E-state index >= 15 is 0 Å². The van der Waals surface area contributed by atoms with Crippen LogP contribution in [0.15, 0.2) is 5.16 Å². The highest BCUT2D eigenvalue weighted by molar-refractivity contribution is 6.07. The average molecular weight is 296 g/mol. The first-order valence-corrected chi connectivity index (χ1v) is 7.89.